The lowest BCUT2D eigenvalue weighted by atomic mass is 9.85. The highest BCUT2D eigenvalue weighted by atomic mass is 16.5. The first-order valence-corrected chi connectivity index (χ1v) is 7.92. The molecular weight excluding hydrogens is 262 g/mol. The highest BCUT2D eigenvalue weighted by Gasteiger charge is 2.32. The van der Waals surface area contributed by atoms with Crippen molar-refractivity contribution in [2.75, 3.05) is 0 Å². The van der Waals surface area contributed by atoms with Crippen LogP contribution in [0.15, 0.2) is 36.4 Å². The fourth-order valence-electron chi connectivity index (χ4n) is 3.85. The Morgan fingerprint density at radius 2 is 1.81 bits per heavy atom. The summed E-state index contributed by atoms with van der Waals surface area (Å²) in [5, 5.41) is 15.7. The number of piperidine rings is 2. The summed E-state index contributed by atoms with van der Waals surface area (Å²) in [4.78, 5) is 0. The van der Waals surface area contributed by atoms with E-state index in [1.807, 2.05) is 18.2 Å². The molecule has 2 heterocycles. The second-order valence-corrected chi connectivity index (χ2v) is 6.37. The van der Waals surface area contributed by atoms with Crippen LogP contribution in [0.3, 0.4) is 0 Å². The second-order valence-electron chi connectivity index (χ2n) is 6.37. The largest absolute Gasteiger partial charge is 0.508 e. The van der Waals surface area contributed by atoms with Gasteiger partial charge in [0.2, 0.25) is 0 Å². The first kappa shape index (κ1) is 13.0. The fraction of sp³-hybridized carbons (Fsp3) is 0.444. The Balaban J connectivity index is 1.62. The molecule has 2 bridgehead atoms. The van der Waals surface area contributed by atoms with E-state index in [0.717, 1.165) is 29.4 Å². The third kappa shape index (κ3) is 2.58. The quantitative estimate of drug-likeness (QED) is 0.885. The molecule has 2 fully saturated rings. The third-order valence-electron chi connectivity index (χ3n) is 4.77. The molecule has 2 saturated heterocycles. The predicted molar refractivity (Wildman–Crippen MR) is 83.8 cm³/mol. The van der Waals surface area contributed by atoms with Crippen LogP contribution in [0.2, 0.25) is 0 Å². The van der Waals surface area contributed by atoms with Gasteiger partial charge in [-0.1, -0.05) is 30.7 Å². The van der Waals surface area contributed by atoms with Crippen LogP contribution in [0.1, 0.15) is 32.1 Å². The summed E-state index contributed by atoms with van der Waals surface area (Å²) >= 11 is 0. The van der Waals surface area contributed by atoms with Gasteiger partial charge in [0.05, 0.1) is 0 Å². The van der Waals surface area contributed by atoms with E-state index in [1.54, 1.807) is 12.1 Å². The van der Waals surface area contributed by atoms with Crippen molar-refractivity contribution in [3.05, 3.63) is 36.4 Å². The molecule has 4 rings (SSSR count). The van der Waals surface area contributed by atoms with Gasteiger partial charge in [-0.15, -0.1) is 0 Å². The van der Waals surface area contributed by atoms with Crippen LogP contribution < -0.4 is 10.1 Å². The van der Waals surface area contributed by atoms with Gasteiger partial charge in [-0.25, -0.2) is 0 Å². The number of phenolic OH excluding ortho intramolecular Hbond substituents is 1. The highest BCUT2D eigenvalue weighted by Crippen LogP contribution is 2.34. The first-order valence-electron chi connectivity index (χ1n) is 7.92. The number of phenols is 1. The summed E-state index contributed by atoms with van der Waals surface area (Å²) in [7, 11) is 0. The summed E-state index contributed by atoms with van der Waals surface area (Å²) in [6.45, 7) is 0. The number of hydrogen-bond acceptors (Lipinski definition) is 3. The lowest BCUT2D eigenvalue weighted by molar-refractivity contribution is 0.0938. The summed E-state index contributed by atoms with van der Waals surface area (Å²) < 4.78 is 6.29. The highest BCUT2D eigenvalue weighted by molar-refractivity contribution is 5.89. The minimum Gasteiger partial charge on any atom is -0.508 e. The number of aromatic hydroxyl groups is 1. The van der Waals surface area contributed by atoms with Gasteiger partial charge in [0.15, 0.2) is 0 Å². The van der Waals surface area contributed by atoms with Crippen molar-refractivity contribution in [2.45, 2.75) is 50.3 Å². The SMILES string of the molecule is Oc1cc(OC2C[C@H]3CCC[C@@H](C2)N3)c2ccccc2c1. The van der Waals surface area contributed by atoms with E-state index in [-0.39, 0.29) is 11.9 Å². The van der Waals surface area contributed by atoms with Crippen molar-refractivity contribution in [1.82, 2.24) is 5.32 Å². The average molecular weight is 283 g/mol. The van der Waals surface area contributed by atoms with Crippen molar-refractivity contribution in [3.63, 3.8) is 0 Å². The Morgan fingerprint density at radius 3 is 2.62 bits per heavy atom. The summed E-state index contributed by atoms with van der Waals surface area (Å²) in [6.07, 6.45) is 6.26. The van der Waals surface area contributed by atoms with Gasteiger partial charge in [0.25, 0.3) is 0 Å². The molecule has 3 nitrogen and oxygen atoms in total. The smallest absolute Gasteiger partial charge is 0.131 e. The maximum Gasteiger partial charge on any atom is 0.131 e. The van der Waals surface area contributed by atoms with Crippen LogP contribution in [0.5, 0.6) is 11.5 Å². The van der Waals surface area contributed by atoms with Crippen LogP contribution in [0, 0.1) is 0 Å². The van der Waals surface area contributed by atoms with Gasteiger partial charge in [-0.3, -0.25) is 0 Å². The molecule has 0 amide bonds. The Hall–Kier alpha value is -1.74. The van der Waals surface area contributed by atoms with Gasteiger partial charge < -0.3 is 15.2 Å². The maximum atomic E-state index is 9.91. The van der Waals surface area contributed by atoms with Gasteiger partial charge in [0, 0.05) is 23.5 Å². The Kier molecular flexibility index (Phi) is 3.23. The van der Waals surface area contributed by atoms with Gasteiger partial charge in [-0.05, 0) is 37.1 Å². The minimum absolute atomic E-state index is 0.256. The molecule has 2 aromatic carbocycles. The molecule has 2 aromatic rings. The third-order valence-corrected chi connectivity index (χ3v) is 4.77. The summed E-state index contributed by atoms with van der Waals surface area (Å²) in [5.41, 5.74) is 0. The molecule has 0 aromatic heterocycles. The molecule has 3 heteroatoms. The van der Waals surface area contributed by atoms with E-state index < -0.39 is 0 Å². The minimum atomic E-state index is 0.256. The number of ether oxygens (including phenoxy) is 1. The van der Waals surface area contributed by atoms with Crippen LogP contribution in [0.25, 0.3) is 10.8 Å². The Bertz CT molecular complexity index is 643. The van der Waals surface area contributed by atoms with Gasteiger partial charge in [0.1, 0.15) is 17.6 Å². The van der Waals surface area contributed by atoms with Crippen molar-refractivity contribution >= 4 is 10.8 Å². The lowest BCUT2D eigenvalue weighted by Crippen LogP contribution is -2.51. The standard InChI is InChI=1S/C18H21NO2/c20-15-8-12-4-1-2-7-17(12)18(11-15)21-16-9-13-5-3-6-14(10-16)19-13/h1-2,4,7-8,11,13-14,16,19-20H,3,5-6,9-10H2/t13-,14+,16?. The topological polar surface area (TPSA) is 41.5 Å². The Labute approximate surface area is 124 Å². The van der Waals surface area contributed by atoms with Crippen molar-refractivity contribution in [1.29, 1.82) is 0 Å². The molecule has 2 aliphatic rings. The Morgan fingerprint density at radius 1 is 1.05 bits per heavy atom. The van der Waals surface area contributed by atoms with Gasteiger partial charge in [-0.2, -0.15) is 0 Å². The normalized spacial score (nSPS) is 28.5. The summed E-state index contributed by atoms with van der Waals surface area (Å²) in [5.74, 6) is 1.09. The fourth-order valence-corrected chi connectivity index (χ4v) is 3.85. The number of rotatable bonds is 2. The van der Waals surface area contributed by atoms with Crippen LogP contribution in [-0.4, -0.2) is 23.3 Å². The zero-order valence-electron chi connectivity index (χ0n) is 12.1. The molecular formula is C18H21NO2. The molecule has 0 saturated carbocycles. The van der Waals surface area contributed by atoms with Crippen LogP contribution >= 0.6 is 0 Å². The summed E-state index contributed by atoms with van der Waals surface area (Å²) in [6, 6.07) is 12.8. The van der Waals surface area contributed by atoms with Crippen molar-refractivity contribution in [2.24, 2.45) is 0 Å². The monoisotopic (exact) mass is 283 g/mol. The zero-order valence-corrected chi connectivity index (χ0v) is 12.1. The lowest BCUT2D eigenvalue weighted by Gasteiger charge is -2.40. The number of benzene rings is 2. The molecule has 0 spiro atoms. The van der Waals surface area contributed by atoms with Crippen LogP contribution in [-0.2, 0) is 0 Å². The van der Waals surface area contributed by atoms with E-state index in [0.29, 0.717) is 12.1 Å². The second kappa shape index (κ2) is 5.23. The molecule has 3 atom stereocenters. The van der Waals surface area contributed by atoms with E-state index >= 15 is 0 Å². The van der Waals surface area contributed by atoms with Crippen molar-refractivity contribution < 1.29 is 9.84 Å². The number of hydrogen-bond donors (Lipinski definition) is 2. The molecule has 1 unspecified atom stereocenters. The first-order chi connectivity index (χ1) is 10.3. The zero-order chi connectivity index (χ0) is 14.2. The molecule has 2 N–H and O–H groups in total. The predicted octanol–water partition coefficient (Wildman–Crippen LogP) is 3.60. The molecule has 2 aliphatic heterocycles. The van der Waals surface area contributed by atoms with E-state index in [2.05, 4.69) is 11.4 Å². The van der Waals surface area contributed by atoms with E-state index in [4.69, 9.17) is 4.74 Å². The van der Waals surface area contributed by atoms with E-state index in [9.17, 15) is 5.11 Å². The molecule has 0 aliphatic carbocycles. The number of fused-ring (bicyclic) bond motifs is 3. The number of nitrogens with one attached hydrogen (secondary N) is 1. The average Bonchev–Trinajstić information content (AvgIpc) is 2.46. The van der Waals surface area contributed by atoms with E-state index in [1.165, 1.54) is 19.3 Å². The maximum absolute atomic E-state index is 9.91. The molecule has 21 heavy (non-hydrogen) atoms. The van der Waals surface area contributed by atoms with Crippen molar-refractivity contribution in [3.8, 4) is 11.5 Å². The molecule has 110 valence electrons. The van der Waals surface area contributed by atoms with Gasteiger partial charge >= 0.3 is 0 Å². The van der Waals surface area contributed by atoms with Crippen LogP contribution in [0.4, 0.5) is 0 Å². The molecule has 0 radical (unpaired) electrons.